The summed E-state index contributed by atoms with van der Waals surface area (Å²) in [7, 11) is 0. The van der Waals surface area contributed by atoms with E-state index in [1.54, 1.807) is 55.8 Å². The molecule has 0 aliphatic rings. The SMILES string of the molecule is [Ga+3].c1ccc(-c2ncc[nH]2)nc1.c1ccc(-c2ncc[nH]2)nc1.c1ccc(-c2ncc[nH]2)nc1. The van der Waals surface area contributed by atoms with E-state index in [0.717, 1.165) is 34.6 Å². The van der Waals surface area contributed by atoms with E-state index in [1.165, 1.54) is 0 Å². The topological polar surface area (TPSA) is 125 Å². The Morgan fingerprint density at radius 1 is 0.382 bits per heavy atom. The molecule has 0 bridgehead atoms. The number of pyridine rings is 3. The minimum Gasteiger partial charge on any atom is -0.343 e. The summed E-state index contributed by atoms with van der Waals surface area (Å²) in [5.41, 5.74) is 2.62. The molecule has 0 atom stereocenters. The van der Waals surface area contributed by atoms with Gasteiger partial charge in [-0.25, -0.2) is 15.0 Å². The van der Waals surface area contributed by atoms with Crippen molar-refractivity contribution in [3.8, 4) is 34.6 Å². The van der Waals surface area contributed by atoms with Gasteiger partial charge in [0.05, 0.1) is 0 Å². The van der Waals surface area contributed by atoms with Gasteiger partial charge in [0.15, 0.2) is 17.5 Å². The Bertz CT molecular complexity index is 1110. The molecule has 0 saturated heterocycles. The van der Waals surface area contributed by atoms with Gasteiger partial charge >= 0.3 is 19.8 Å². The van der Waals surface area contributed by atoms with Crippen LogP contribution < -0.4 is 0 Å². The zero-order valence-corrected chi connectivity index (χ0v) is 20.6. The first-order chi connectivity index (χ1) is 16.4. The van der Waals surface area contributed by atoms with Gasteiger partial charge in [0.2, 0.25) is 0 Å². The van der Waals surface area contributed by atoms with Gasteiger partial charge in [0.1, 0.15) is 17.1 Å². The van der Waals surface area contributed by atoms with Crippen molar-refractivity contribution >= 4 is 19.8 Å². The number of hydrogen-bond donors (Lipinski definition) is 3. The molecule has 6 heterocycles. The van der Waals surface area contributed by atoms with Crippen molar-refractivity contribution in [3.63, 3.8) is 0 Å². The number of hydrogen-bond acceptors (Lipinski definition) is 6. The number of imidazole rings is 3. The molecule has 6 rings (SSSR count). The van der Waals surface area contributed by atoms with Crippen LogP contribution in [0.1, 0.15) is 0 Å². The number of aromatic nitrogens is 9. The van der Waals surface area contributed by atoms with Gasteiger partial charge in [0, 0.05) is 55.8 Å². The Kier molecular flexibility index (Phi) is 9.53. The quantitative estimate of drug-likeness (QED) is 0.312. The zero-order valence-electron chi connectivity index (χ0n) is 18.2. The number of H-pyrrole nitrogens is 3. The van der Waals surface area contributed by atoms with Crippen molar-refractivity contribution in [2.24, 2.45) is 0 Å². The molecular weight excluding hydrogens is 484 g/mol. The second kappa shape index (κ2) is 13.3. The maximum atomic E-state index is 4.13. The van der Waals surface area contributed by atoms with Crippen LogP contribution in [0.2, 0.25) is 0 Å². The van der Waals surface area contributed by atoms with Gasteiger partial charge in [-0.1, -0.05) is 18.2 Å². The van der Waals surface area contributed by atoms with Crippen molar-refractivity contribution < 1.29 is 0 Å². The van der Waals surface area contributed by atoms with E-state index >= 15 is 0 Å². The summed E-state index contributed by atoms with van der Waals surface area (Å²) >= 11 is 0. The first-order valence-corrected chi connectivity index (χ1v) is 10.1. The predicted molar refractivity (Wildman–Crippen MR) is 131 cm³/mol. The van der Waals surface area contributed by atoms with Gasteiger partial charge in [-0.3, -0.25) is 15.0 Å². The maximum Gasteiger partial charge on any atom is 3.00 e. The van der Waals surface area contributed by atoms with Crippen molar-refractivity contribution in [1.29, 1.82) is 0 Å². The predicted octanol–water partition coefficient (Wildman–Crippen LogP) is 4.03. The largest absolute Gasteiger partial charge is 3.00 e. The molecule has 0 radical (unpaired) electrons. The van der Waals surface area contributed by atoms with Crippen molar-refractivity contribution in [2.45, 2.75) is 0 Å². The van der Waals surface area contributed by atoms with E-state index in [1.807, 2.05) is 54.6 Å². The normalized spacial score (nSPS) is 9.53. The van der Waals surface area contributed by atoms with Crippen LogP contribution in [0.25, 0.3) is 34.6 Å². The van der Waals surface area contributed by atoms with Crippen LogP contribution in [0.15, 0.2) is 110 Å². The van der Waals surface area contributed by atoms with Crippen LogP contribution in [0.3, 0.4) is 0 Å². The fraction of sp³-hybridized carbons (Fsp3) is 0. The van der Waals surface area contributed by atoms with Crippen LogP contribution in [0, 0.1) is 0 Å². The third-order valence-corrected chi connectivity index (χ3v) is 4.22. The second-order valence-electron chi connectivity index (χ2n) is 6.46. The van der Waals surface area contributed by atoms with E-state index in [4.69, 9.17) is 0 Å². The molecule has 6 aromatic heterocycles. The molecule has 0 aromatic carbocycles. The zero-order chi connectivity index (χ0) is 22.6. The van der Waals surface area contributed by atoms with E-state index in [0.29, 0.717) is 0 Å². The van der Waals surface area contributed by atoms with Crippen LogP contribution >= 0.6 is 0 Å². The van der Waals surface area contributed by atoms with Gasteiger partial charge in [-0.05, 0) is 36.4 Å². The summed E-state index contributed by atoms with van der Waals surface area (Å²) in [4.78, 5) is 33.5. The minimum absolute atomic E-state index is 0. The summed E-state index contributed by atoms with van der Waals surface area (Å²) in [6.45, 7) is 0. The molecule has 9 nitrogen and oxygen atoms in total. The molecule has 162 valence electrons. The van der Waals surface area contributed by atoms with Gasteiger partial charge in [0.25, 0.3) is 0 Å². The van der Waals surface area contributed by atoms with E-state index < -0.39 is 0 Å². The Morgan fingerprint density at radius 2 is 0.706 bits per heavy atom. The average Bonchev–Trinajstić information content (AvgIpc) is 3.70. The number of aromatic amines is 3. The number of nitrogens with zero attached hydrogens (tertiary/aromatic N) is 6. The van der Waals surface area contributed by atoms with Gasteiger partial charge < -0.3 is 15.0 Å². The first-order valence-electron chi connectivity index (χ1n) is 10.1. The molecule has 6 aromatic rings. The van der Waals surface area contributed by atoms with Crippen LogP contribution in [0.4, 0.5) is 0 Å². The van der Waals surface area contributed by atoms with Gasteiger partial charge in [-0.2, -0.15) is 0 Å². The first kappa shape index (κ1) is 24.4. The molecule has 0 aliphatic heterocycles. The summed E-state index contributed by atoms with van der Waals surface area (Å²) in [6, 6.07) is 17.2. The van der Waals surface area contributed by atoms with Gasteiger partial charge in [-0.15, -0.1) is 0 Å². The smallest absolute Gasteiger partial charge is 0.343 e. The van der Waals surface area contributed by atoms with Crippen LogP contribution in [0.5, 0.6) is 0 Å². The molecular formula is C24H21GaN9+3. The molecule has 0 spiro atoms. The summed E-state index contributed by atoms with van der Waals surface area (Å²) in [5, 5.41) is 0. The molecule has 0 saturated carbocycles. The molecule has 0 aliphatic carbocycles. The van der Waals surface area contributed by atoms with Crippen molar-refractivity contribution in [3.05, 3.63) is 110 Å². The fourth-order valence-corrected chi connectivity index (χ4v) is 2.72. The molecule has 10 heteroatoms. The summed E-state index contributed by atoms with van der Waals surface area (Å²) in [5.74, 6) is 2.43. The third-order valence-electron chi connectivity index (χ3n) is 4.22. The van der Waals surface area contributed by atoms with Crippen molar-refractivity contribution in [2.75, 3.05) is 0 Å². The number of nitrogens with one attached hydrogen (secondary N) is 3. The van der Waals surface area contributed by atoms with Crippen LogP contribution in [-0.4, -0.2) is 64.6 Å². The molecule has 34 heavy (non-hydrogen) atoms. The Labute approximate surface area is 209 Å². The van der Waals surface area contributed by atoms with Crippen molar-refractivity contribution in [1.82, 2.24) is 44.9 Å². The molecule has 0 unspecified atom stereocenters. The fourth-order valence-electron chi connectivity index (χ4n) is 2.72. The van der Waals surface area contributed by atoms with E-state index in [-0.39, 0.29) is 19.8 Å². The minimum atomic E-state index is 0. The number of rotatable bonds is 3. The molecule has 0 fully saturated rings. The third kappa shape index (κ3) is 7.12. The second-order valence-corrected chi connectivity index (χ2v) is 6.46. The molecule has 0 amide bonds. The Hall–Kier alpha value is -4.28. The van der Waals surface area contributed by atoms with E-state index in [2.05, 4.69) is 44.9 Å². The summed E-state index contributed by atoms with van der Waals surface area (Å²) < 4.78 is 0. The summed E-state index contributed by atoms with van der Waals surface area (Å²) in [6.07, 6.45) is 15.7. The standard InChI is InChI=1S/3C8H7N3.Ga/c3*1-2-4-9-7(3-1)8-10-5-6-11-8;/h3*1-6H,(H,10,11);/q;;;+3. The van der Waals surface area contributed by atoms with E-state index in [9.17, 15) is 0 Å². The average molecular weight is 505 g/mol. The molecule has 3 N–H and O–H groups in total. The Morgan fingerprint density at radius 3 is 0.912 bits per heavy atom. The van der Waals surface area contributed by atoms with Crippen LogP contribution in [-0.2, 0) is 0 Å². The maximum absolute atomic E-state index is 4.13. The Balaban J connectivity index is 0.000000141. The monoisotopic (exact) mass is 504 g/mol.